The number of rotatable bonds is 4. The standard InChI is InChI=1S/C16H15NO5S/c1-22-16(19)11-7-9-12(10-8-11)17-15(18)13-5-3-4-6-14(13)23(2,20)21/h3-10H,1-2H3,(H,17,18). The third-order valence-electron chi connectivity index (χ3n) is 3.10. The number of sulfone groups is 1. The number of anilines is 1. The third kappa shape index (κ3) is 3.95. The highest BCUT2D eigenvalue weighted by Gasteiger charge is 2.18. The molecular weight excluding hydrogens is 318 g/mol. The second kappa shape index (κ2) is 6.62. The molecule has 0 saturated carbocycles. The first-order valence-corrected chi connectivity index (χ1v) is 8.51. The molecule has 0 aliphatic carbocycles. The third-order valence-corrected chi connectivity index (χ3v) is 4.25. The number of hydrogen-bond acceptors (Lipinski definition) is 5. The van der Waals surface area contributed by atoms with Crippen LogP contribution in [0, 0.1) is 0 Å². The summed E-state index contributed by atoms with van der Waals surface area (Å²) in [6.07, 6.45) is 1.05. The predicted molar refractivity (Wildman–Crippen MR) is 85.3 cm³/mol. The maximum absolute atomic E-state index is 12.3. The molecule has 0 aliphatic heterocycles. The van der Waals surface area contributed by atoms with Crippen molar-refractivity contribution in [3.8, 4) is 0 Å². The summed E-state index contributed by atoms with van der Waals surface area (Å²) in [7, 11) is -2.24. The topological polar surface area (TPSA) is 89.5 Å². The van der Waals surface area contributed by atoms with Crippen molar-refractivity contribution >= 4 is 27.4 Å². The van der Waals surface area contributed by atoms with E-state index in [4.69, 9.17) is 0 Å². The van der Waals surface area contributed by atoms with Crippen molar-refractivity contribution < 1.29 is 22.7 Å². The smallest absolute Gasteiger partial charge is 0.337 e. The maximum atomic E-state index is 12.3. The van der Waals surface area contributed by atoms with Gasteiger partial charge in [-0.2, -0.15) is 0 Å². The Morgan fingerprint density at radius 3 is 2.17 bits per heavy atom. The van der Waals surface area contributed by atoms with E-state index in [9.17, 15) is 18.0 Å². The summed E-state index contributed by atoms with van der Waals surface area (Å²) in [4.78, 5) is 23.6. The van der Waals surface area contributed by atoms with Crippen molar-refractivity contribution in [2.75, 3.05) is 18.7 Å². The first-order chi connectivity index (χ1) is 10.8. The molecule has 0 unspecified atom stereocenters. The summed E-state index contributed by atoms with van der Waals surface area (Å²) in [5.41, 5.74) is 0.847. The van der Waals surface area contributed by atoms with Gasteiger partial charge in [0, 0.05) is 11.9 Å². The van der Waals surface area contributed by atoms with E-state index < -0.39 is 21.7 Å². The number of benzene rings is 2. The number of esters is 1. The van der Waals surface area contributed by atoms with Crippen LogP contribution in [0.5, 0.6) is 0 Å². The Labute approximate surface area is 134 Å². The molecule has 23 heavy (non-hydrogen) atoms. The fourth-order valence-corrected chi connectivity index (χ4v) is 2.87. The van der Waals surface area contributed by atoms with Crippen molar-refractivity contribution in [2.24, 2.45) is 0 Å². The quantitative estimate of drug-likeness (QED) is 0.866. The van der Waals surface area contributed by atoms with Gasteiger partial charge in [-0.15, -0.1) is 0 Å². The lowest BCUT2D eigenvalue weighted by atomic mass is 10.2. The molecule has 7 heteroatoms. The van der Waals surface area contributed by atoms with E-state index in [1.165, 1.54) is 43.5 Å². The second-order valence-corrected chi connectivity index (χ2v) is 6.78. The van der Waals surface area contributed by atoms with Crippen LogP contribution < -0.4 is 5.32 Å². The highest BCUT2D eigenvalue weighted by Crippen LogP contribution is 2.18. The second-order valence-electron chi connectivity index (χ2n) is 4.79. The van der Waals surface area contributed by atoms with Crippen LogP contribution in [0.25, 0.3) is 0 Å². The largest absolute Gasteiger partial charge is 0.465 e. The van der Waals surface area contributed by atoms with E-state index in [0.717, 1.165) is 6.26 Å². The zero-order valence-corrected chi connectivity index (χ0v) is 13.4. The van der Waals surface area contributed by atoms with Gasteiger partial charge in [0.05, 0.1) is 23.1 Å². The summed E-state index contributed by atoms with van der Waals surface area (Å²) in [5, 5.41) is 2.60. The van der Waals surface area contributed by atoms with E-state index in [0.29, 0.717) is 11.3 Å². The van der Waals surface area contributed by atoms with E-state index in [1.54, 1.807) is 12.1 Å². The Kier molecular flexibility index (Phi) is 4.80. The molecule has 0 bridgehead atoms. The van der Waals surface area contributed by atoms with Crippen molar-refractivity contribution in [3.63, 3.8) is 0 Å². The lowest BCUT2D eigenvalue weighted by molar-refractivity contribution is 0.0600. The van der Waals surface area contributed by atoms with Crippen LogP contribution in [0.4, 0.5) is 5.69 Å². The minimum absolute atomic E-state index is 0.0383. The van der Waals surface area contributed by atoms with Crippen LogP contribution in [0.15, 0.2) is 53.4 Å². The van der Waals surface area contributed by atoms with Crippen molar-refractivity contribution in [1.29, 1.82) is 0 Å². The van der Waals surface area contributed by atoms with Gasteiger partial charge in [-0.25, -0.2) is 13.2 Å². The van der Waals surface area contributed by atoms with Gasteiger partial charge in [0.25, 0.3) is 5.91 Å². The lowest BCUT2D eigenvalue weighted by Gasteiger charge is -2.09. The zero-order valence-electron chi connectivity index (χ0n) is 12.6. The van der Waals surface area contributed by atoms with E-state index in [2.05, 4.69) is 10.1 Å². The van der Waals surface area contributed by atoms with Gasteiger partial charge in [0.15, 0.2) is 9.84 Å². The highest BCUT2D eigenvalue weighted by atomic mass is 32.2. The number of carbonyl (C=O) groups is 2. The molecule has 0 heterocycles. The Morgan fingerprint density at radius 1 is 1.00 bits per heavy atom. The molecule has 120 valence electrons. The monoisotopic (exact) mass is 333 g/mol. The van der Waals surface area contributed by atoms with Crippen LogP contribution >= 0.6 is 0 Å². The molecule has 0 fully saturated rings. The van der Waals surface area contributed by atoms with Crippen molar-refractivity contribution in [1.82, 2.24) is 0 Å². The fraction of sp³-hybridized carbons (Fsp3) is 0.125. The SMILES string of the molecule is COC(=O)c1ccc(NC(=O)c2ccccc2S(C)(=O)=O)cc1. The first-order valence-electron chi connectivity index (χ1n) is 6.62. The summed E-state index contributed by atoms with van der Waals surface area (Å²) >= 11 is 0. The molecule has 0 radical (unpaired) electrons. The normalized spacial score (nSPS) is 10.9. The van der Waals surface area contributed by atoms with E-state index in [1.807, 2.05) is 0 Å². The molecule has 6 nitrogen and oxygen atoms in total. The Bertz CT molecular complexity index is 841. The average Bonchev–Trinajstić information content (AvgIpc) is 2.54. The van der Waals surface area contributed by atoms with Gasteiger partial charge >= 0.3 is 5.97 Å². The zero-order chi connectivity index (χ0) is 17.0. The lowest BCUT2D eigenvalue weighted by Crippen LogP contribution is -2.16. The van der Waals surface area contributed by atoms with Gasteiger partial charge in [0.1, 0.15) is 0 Å². The number of methoxy groups -OCH3 is 1. The molecule has 0 saturated heterocycles. The molecule has 2 rings (SSSR count). The molecule has 0 aromatic heterocycles. The Morgan fingerprint density at radius 2 is 1.61 bits per heavy atom. The molecular formula is C16H15NO5S. The predicted octanol–water partition coefficient (Wildman–Crippen LogP) is 2.13. The number of ether oxygens (including phenoxy) is 1. The molecule has 1 amide bonds. The molecule has 2 aromatic carbocycles. The minimum Gasteiger partial charge on any atom is -0.465 e. The van der Waals surface area contributed by atoms with Gasteiger partial charge < -0.3 is 10.1 Å². The summed E-state index contributed by atoms with van der Waals surface area (Å²) in [6.45, 7) is 0. The molecule has 0 spiro atoms. The van der Waals surface area contributed by atoms with Crippen LogP contribution in [0.3, 0.4) is 0 Å². The number of amides is 1. The average molecular weight is 333 g/mol. The van der Waals surface area contributed by atoms with E-state index in [-0.39, 0.29) is 10.5 Å². The van der Waals surface area contributed by atoms with Crippen LogP contribution in [0.2, 0.25) is 0 Å². The molecule has 0 aliphatic rings. The van der Waals surface area contributed by atoms with Crippen LogP contribution in [-0.4, -0.2) is 33.7 Å². The van der Waals surface area contributed by atoms with Crippen LogP contribution in [-0.2, 0) is 14.6 Å². The first kappa shape index (κ1) is 16.7. The van der Waals surface area contributed by atoms with Crippen molar-refractivity contribution in [3.05, 3.63) is 59.7 Å². The number of hydrogen-bond donors (Lipinski definition) is 1. The highest BCUT2D eigenvalue weighted by molar-refractivity contribution is 7.90. The van der Waals surface area contributed by atoms with Gasteiger partial charge in [-0.1, -0.05) is 12.1 Å². The summed E-state index contributed by atoms with van der Waals surface area (Å²) < 4.78 is 28.1. The van der Waals surface area contributed by atoms with Gasteiger partial charge in [-0.3, -0.25) is 4.79 Å². The maximum Gasteiger partial charge on any atom is 0.337 e. The Hall–Kier alpha value is -2.67. The summed E-state index contributed by atoms with van der Waals surface area (Å²) in [6, 6.07) is 12.0. The molecule has 0 atom stereocenters. The van der Waals surface area contributed by atoms with Crippen molar-refractivity contribution in [2.45, 2.75) is 4.90 Å². The fourth-order valence-electron chi connectivity index (χ4n) is 1.98. The van der Waals surface area contributed by atoms with E-state index >= 15 is 0 Å². The molecule has 2 aromatic rings. The van der Waals surface area contributed by atoms with Gasteiger partial charge in [0.2, 0.25) is 0 Å². The minimum atomic E-state index is -3.51. The number of nitrogens with one attached hydrogen (secondary N) is 1. The van der Waals surface area contributed by atoms with Crippen LogP contribution in [0.1, 0.15) is 20.7 Å². The number of carbonyl (C=O) groups excluding carboxylic acids is 2. The summed E-state index contributed by atoms with van der Waals surface area (Å²) in [5.74, 6) is -1.03. The molecule has 1 N–H and O–H groups in total. The Balaban J connectivity index is 2.25. The van der Waals surface area contributed by atoms with Gasteiger partial charge in [-0.05, 0) is 36.4 Å².